The van der Waals surface area contributed by atoms with Crippen LogP contribution in [0, 0.1) is 17.1 Å². The van der Waals surface area contributed by atoms with Gasteiger partial charge >= 0.3 is 0 Å². The summed E-state index contributed by atoms with van der Waals surface area (Å²) in [6.07, 6.45) is 1.33. The monoisotopic (exact) mass is 403 g/mol. The van der Waals surface area contributed by atoms with E-state index in [9.17, 15) is 14.4 Å². The third-order valence-electron chi connectivity index (χ3n) is 3.30. The summed E-state index contributed by atoms with van der Waals surface area (Å²) in [5.41, 5.74) is 0.195. The molecule has 0 aliphatic carbocycles. The molecule has 7 heteroatoms. The van der Waals surface area contributed by atoms with Gasteiger partial charge in [-0.25, -0.2) is 9.37 Å². The topological polar surface area (TPSA) is 69.5 Å². The molecule has 0 aliphatic rings. The van der Waals surface area contributed by atoms with Crippen molar-refractivity contribution in [1.29, 1.82) is 5.26 Å². The van der Waals surface area contributed by atoms with Gasteiger partial charge in [-0.3, -0.25) is 4.79 Å². The minimum atomic E-state index is -0.489. The Morgan fingerprint density at radius 2 is 2.12 bits per heavy atom. The molecule has 1 heterocycles. The van der Waals surface area contributed by atoms with Crippen LogP contribution in [-0.4, -0.2) is 9.97 Å². The van der Waals surface area contributed by atoms with Gasteiger partial charge < -0.3 is 4.98 Å². The average Bonchev–Trinajstić information content (AvgIpc) is 2.55. The maximum atomic E-state index is 13.9. The highest BCUT2D eigenvalue weighted by atomic mass is 79.9. The fourth-order valence-electron chi connectivity index (χ4n) is 2.17. The zero-order valence-corrected chi connectivity index (χ0v) is 14.3. The van der Waals surface area contributed by atoms with Gasteiger partial charge in [0.15, 0.2) is 5.82 Å². The largest absolute Gasteiger partial charge is 0.305 e. The molecule has 3 rings (SSSR count). The summed E-state index contributed by atoms with van der Waals surface area (Å²) in [5, 5.41) is 10.2. The highest BCUT2D eigenvalue weighted by Crippen LogP contribution is 2.22. The molecule has 0 bridgehead atoms. The molecule has 0 spiro atoms. The summed E-state index contributed by atoms with van der Waals surface area (Å²) in [5.74, 6) is -0.436. The number of aromatic amines is 1. The third kappa shape index (κ3) is 3.23. The van der Waals surface area contributed by atoms with Crippen molar-refractivity contribution >= 4 is 50.1 Å². The SMILES string of the molecule is N#C/C(=C/c1cc(Br)ccc1F)c1nc2cc(Cl)ccc2c(=O)[nH]1. The van der Waals surface area contributed by atoms with E-state index in [1.165, 1.54) is 24.3 Å². The lowest BCUT2D eigenvalue weighted by Gasteiger charge is -2.03. The molecule has 0 saturated heterocycles. The number of H-pyrrole nitrogens is 1. The van der Waals surface area contributed by atoms with Gasteiger partial charge in [-0.2, -0.15) is 5.26 Å². The van der Waals surface area contributed by atoms with Gasteiger partial charge in [0.1, 0.15) is 11.9 Å². The molecular formula is C17H8BrClFN3O. The smallest absolute Gasteiger partial charge is 0.259 e. The number of benzene rings is 2. The van der Waals surface area contributed by atoms with E-state index in [1.54, 1.807) is 18.2 Å². The van der Waals surface area contributed by atoms with Crippen LogP contribution >= 0.6 is 27.5 Å². The van der Waals surface area contributed by atoms with Crippen LogP contribution in [0.15, 0.2) is 45.7 Å². The second kappa shape index (κ2) is 6.56. The van der Waals surface area contributed by atoms with E-state index in [2.05, 4.69) is 25.9 Å². The summed E-state index contributed by atoms with van der Waals surface area (Å²) in [6, 6.07) is 11.0. The highest BCUT2D eigenvalue weighted by Gasteiger charge is 2.10. The number of nitrogens with zero attached hydrogens (tertiary/aromatic N) is 2. The summed E-state index contributed by atoms with van der Waals surface area (Å²) in [4.78, 5) is 18.9. The van der Waals surface area contributed by atoms with Crippen molar-refractivity contribution in [2.45, 2.75) is 0 Å². The minimum absolute atomic E-state index is 0.0333. The third-order valence-corrected chi connectivity index (χ3v) is 4.03. The van der Waals surface area contributed by atoms with Crippen molar-refractivity contribution in [3.8, 4) is 6.07 Å². The molecule has 1 N–H and O–H groups in total. The molecule has 0 aliphatic heterocycles. The molecule has 0 unspecified atom stereocenters. The number of aromatic nitrogens is 2. The van der Waals surface area contributed by atoms with Crippen molar-refractivity contribution in [3.63, 3.8) is 0 Å². The number of allylic oxidation sites excluding steroid dienone is 1. The van der Waals surface area contributed by atoms with Crippen molar-refractivity contribution in [2.75, 3.05) is 0 Å². The number of fused-ring (bicyclic) bond motifs is 1. The molecule has 0 atom stereocenters. The number of hydrogen-bond acceptors (Lipinski definition) is 3. The zero-order valence-electron chi connectivity index (χ0n) is 12.0. The van der Waals surface area contributed by atoms with Crippen molar-refractivity contribution in [3.05, 3.63) is 73.5 Å². The Labute approximate surface area is 149 Å². The first-order chi connectivity index (χ1) is 11.5. The lowest BCUT2D eigenvalue weighted by atomic mass is 10.1. The molecule has 118 valence electrons. The van der Waals surface area contributed by atoms with Gasteiger partial charge in [0, 0.05) is 15.1 Å². The van der Waals surface area contributed by atoms with Gasteiger partial charge in [0.2, 0.25) is 0 Å². The fraction of sp³-hybridized carbons (Fsp3) is 0. The summed E-state index contributed by atoms with van der Waals surface area (Å²) >= 11 is 9.17. The molecule has 0 radical (unpaired) electrons. The molecular weight excluding hydrogens is 397 g/mol. The Morgan fingerprint density at radius 3 is 2.88 bits per heavy atom. The molecule has 4 nitrogen and oxygen atoms in total. The summed E-state index contributed by atoms with van der Waals surface area (Å²) in [6.45, 7) is 0. The van der Waals surface area contributed by atoms with Gasteiger partial charge in [0.25, 0.3) is 5.56 Å². The number of halogens is 3. The van der Waals surface area contributed by atoms with Crippen molar-refractivity contribution in [2.24, 2.45) is 0 Å². The van der Waals surface area contributed by atoms with E-state index in [4.69, 9.17) is 11.6 Å². The molecule has 2 aromatic carbocycles. The van der Waals surface area contributed by atoms with E-state index in [0.717, 1.165) is 0 Å². The van der Waals surface area contributed by atoms with Crippen LogP contribution in [-0.2, 0) is 0 Å². The highest BCUT2D eigenvalue weighted by molar-refractivity contribution is 9.10. The predicted octanol–water partition coefficient (Wildman–Crippen LogP) is 4.54. The van der Waals surface area contributed by atoms with Crippen LogP contribution in [0.25, 0.3) is 22.6 Å². The Bertz CT molecular complexity index is 1090. The van der Waals surface area contributed by atoms with E-state index in [1.807, 2.05) is 6.07 Å². The van der Waals surface area contributed by atoms with Crippen LogP contribution < -0.4 is 5.56 Å². The number of nitriles is 1. The van der Waals surface area contributed by atoms with E-state index >= 15 is 0 Å². The maximum absolute atomic E-state index is 13.9. The number of nitrogens with one attached hydrogen (secondary N) is 1. The molecule has 1 aromatic heterocycles. The van der Waals surface area contributed by atoms with E-state index in [-0.39, 0.29) is 17.0 Å². The fourth-order valence-corrected chi connectivity index (χ4v) is 2.72. The molecule has 0 saturated carbocycles. The first-order valence-electron chi connectivity index (χ1n) is 6.75. The lowest BCUT2D eigenvalue weighted by molar-refractivity contribution is 0.625. The maximum Gasteiger partial charge on any atom is 0.259 e. The van der Waals surface area contributed by atoms with Crippen LogP contribution in [0.5, 0.6) is 0 Å². The first-order valence-corrected chi connectivity index (χ1v) is 7.92. The van der Waals surface area contributed by atoms with E-state index in [0.29, 0.717) is 20.4 Å². The average molecular weight is 405 g/mol. The summed E-state index contributed by atoms with van der Waals surface area (Å²) < 4.78 is 14.5. The van der Waals surface area contributed by atoms with Gasteiger partial charge in [-0.1, -0.05) is 27.5 Å². The Hall–Kier alpha value is -2.49. The minimum Gasteiger partial charge on any atom is -0.305 e. The Balaban J connectivity index is 2.20. The van der Waals surface area contributed by atoms with Crippen molar-refractivity contribution < 1.29 is 4.39 Å². The normalized spacial score (nSPS) is 11.5. The van der Waals surface area contributed by atoms with Crippen LogP contribution in [0.3, 0.4) is 0 Å². The molecule has 0 amide bonds. The summed E-state index contributed by atoms with van der Waals surface area (Å²) in [7, 11) is 0. The van der Waals surface area contributed by atoms with Crippen LogP contribution in [0.1, 0.15) is 11.4 Å². The molecule has 24 heavy (non-hydrogen) atoms. The Morgan fingerprint density at radius 1 is 1.33 bits per heavy atom. The standard InChI is InChI=1S/C17H8BrClFN3O/c18-11-1-4-14(20)9(6-11)5-10(8-21)16-22-15-7-12(19)2-3-13(15)17(24)23-16/h1-7H,(H,22,23,24)/b10-5-. The number of rotatable bonds is 2. The van der Waals surface area contributed by atoms with Gasteiger partial charge in [-0.15, -0.1) is 0 Å². The van der Waals surface area contributed by atoms with Crippen LogP contribution in [0.4, 0.5) is 4.39 Å². The van der Waals surface area contributed by atoms with Gasteiger partial charge in [0.05, 0.1) is 16.5 Å². The molecule has 0 fully saturated rings. The predicted molar refractivity (Wildman–Crippen MR) is 95.0 cm³/mol. The second-order valence-electron chi connectivity index (χ2n) is 4.91. The van der Waals surface area contributed by atoms with Gasteiger partial charge in [-0.05, 0) is 42.5 Å². The quantitative estimate of drug-likeness (QED) is 0.637. The second-order valence-corrected chi connectivity index (χ2v) is 6.26. The lowest BCUT2D eigenvalue weighted by Crippen LogP contribution is -2.11. The van der Waals surface area contributed by atoms with Crippen LogP contribution in [0.2, 0.25) is 5.02 Å². The van der Waals surface area contributed by atoms with Crippen molar-refractivity contribution in [1.82, 2.24) is 9.97 Å². The Kier molecular flexibility index (Phi) is 4.47. The van der Waals surface area contributed by atoms with E-state index < -0.39 is 11.4 Å². The first kappa shape index (κ1) is 16.4. The molecule has 3 aromatic rings. The number of hydrogen-bond donors (Lipinski definition) is 1. The zero-order chi connectivity index (χ0) is 17.3.